The first-order chi connectivity index (χ1) is 8.31. The molecule has 1 amide bonds. The van der Waals surface area contributed by atoms with E-state index in [1.165, 1.54) is 12.1 Å². The number of benzene rings is 1. The van der Waals surface area contributed by atoms with Crippen molar-refractivity contribution in [2.45, 2.75) is 25.8 Å². The van der Waals surface area contributed by atoms with Crippen molar-refractivity contribution in [1.82, 2.24) is 5.32 Å². The van der Waals surface area contributed by atoms with Crippen LogP contribution in [0.3, 0.4) is 0 Å². The van der Waals surface area contributed by atoms with E-state index in [9.17, 15) is 18.7 Å². The number of phenols is 1. The number of alkyl halides is 2. The summed E-state index contributed by atoms with van der Waals surface area (Å²) >= 11 is 0. The summed E-state index contributed by atoms with van der Waals surface area (Å²) in [7, 11) is 0. The molecule has 0 bridgehead atoms. The predicted molar refractivity (Wildman–Crippen MR) is 67.0 cm³/mol. The minimum atomic E-state index is -3.18. The lowest BCUT2D eigenvalue weighted by molar-refractivity contribution is -0.104. The van der Waals surface area contributed by atoms with Gasteiger partial charge in [0, 0.05) is 0 Å². The van der Waals surface area contributed by atoms with E-state index in [1.54, 1.807) is 13.8 Å². The van der Waals surface area contributed by atoms with Crippen LogP contribution in [0.25, 0.3) is 0 Å². The number of carbonyl (C=O) groups is 1. The summed E-state index contributed by atoms with van der Waals surface area (Å²) in [5, 5.41) is 11.7. The van der Waals surface area contributed by atoms with Gasteiger partial charge in [0.2, 0.25) is 0 Å². The molecule has 2 rings (SSSR count). The van der Waals surface area contributed by atoms with E-state index in [0.29, 0.717) is 11.1 Å². The third-order valence-electron chi connectivity index (χ3n) is 2.93. The molecular formula is C12H14ClF2NO3. The molecule has 1 atom stereocenters. The third kappa shape index (κ3) is 2.89. The third-order valence-corrected chi connectivity index (χ3v) is 2.93. The van der Waals surface area contributed by atoms with Crippen LogP contribution >= 0.6 is 12.4 Å². The smallest absolute Gasteiger partial charge is 0.408 e. The number of alkyl carbamates (subject to hydrolysis) is 1. The quantitative estimate of drug-likeness (QED) is 0.837. The molecule has 7 heteroatoms. The normalized spacial score (nSPS) is 21.1. The van der Waals surface area contributed by atoms with E-state index in [4.69, 9.17) is 0 Å². The van der Waals surface area contributed by atoms with Gasteiger partial charge in [-0.1, -0.05) is 12.1 Å². The molecule has 0 unspecified atom stereocenters. The molecule has 2 N–H and O–H groups in total. The Morgan fingerprint density at radius 1 is 1.37 bits per heavy atom. The van der Waals surface area contributed by atoms with Crippen LogP contribution in [0.5, 0.6) is 5.75 Å². The van der Waals surface area contributed by atoms with E-state index >= 15 is 0 Å². The number of ether oxygens (including phenoxy) is 1. The summed E-state index contributed by atoms with van der Waals surface area (Å²) in [5.74, 6) is -3.11. The second-order valence-corrected chi connectivity index (χ2v) is 4.42. The fraction of sp³-hybridized carbons (Fsp3) is 0.417. The summed E-state index contributed by atoms with van der Waals surface area (Å²) in [6.07, 6.45) is -0.866. The average molecular weight is 294 g/mol. The fourth-order valence-corrected chi connectivity index (χ4v) is 1.99. The number of cyclic esters (lactones) is 1. The molecule has 1 saturated heterocycles. The zero-order valence-electron chi connectivity index (χ0n) is 10.4. The number of rotatable bonds is 1. The van der Waals surface area contributed by atoms with Gasteiger partial charge in [-0.05, 0) is 30.5 Å². The van der Waals surface area contributed by atoms with Crippen molar-refractivity contribution < 1.29 is 23.4 Å². The molecule has 4 nitrogen and oxygen atoms in total. The number of phenolic OH excluding ortho intramolecular Hbond substituents is 1. The van der Waals surface area contributed by atoms with E-state index in [1.807, 2.05) is 0 Å². The van der Waals surface area contributed by atoms with Gasteiger partial charge < -0.3 is 15.2 Å². The van der Waals surface area contributed by atoms with Gasteiger partial charge in [-0.25, -0.2) is 13.6 Å². The van der Waals surface area contributed by atoms with Gasteiger partial charge in [0.25, 0.3) is 0 Å². The second kappa shape index (κ2) is 5.21. The molecule has 1 fully saturated rings. The fourth-order valence-electron chi connectivity index (χ4n) is 1.99. The number of carbonyl (C=O) groups excluding carboxylic acids is 1. The highest BCUT2D eigenvalue weighted by atomic mass is 35.5. The van der Waals surface area contributed by atoms with Crippen LogP contribution in [0, 0.1) is 13.8 Å². The summed E-state index contributed by atoms with van der Waals surface area (Å²) in [6.45, 7) is 2.29. The molecule has 1 aromatic rings. The first-order valence-electron chi connectivity index (χ1n) is 5.42. The lowest BCUT2D eigenvalue weighted by Crippen LogP contribution is -2.49. The van der Waals surface area contributed by atoms with E-state index < -0.39 is 24.7 Å². The molecule has 106 valence electrons. The number of amides is 1. The van der Waals surface area contributed by atoms with Crippen molar-refractivity contribution in [3.8, 4) is 5.75 Å². The Morgan fingerprint density at radius 2 is 1.89 bits per heavy atom. The van der Waals surface area contributed by atoms with Crippen molar-refractivity contribution in [3.05, 3.63) is 28.8 Å². The molecule has 0 saturated carbocycles. The van der Waals surface area contributed by atoms with Gasteiger partial charge in [-0.3, -0.25) is 0 Å². The molecule has 1 heterocycles. The van der Waals surface area contributed by atoms with Crippen LogP contribution in [-0.4, -0.2) is 23.7 Å². The largest absolute Gasteiger partial charge is 0.507 e. The number of aryl methyl sites for hydroxylation is 2. The van der Waals surface area contributed by atoms with Crippen LogP contribution in [-0.2, 0) is 4.74 Å². The van der Waals surface area contributed by atoms with Crippen molar-refractivity contribution in [1.29, 1.82) is 0 Å². The first-order valence-corrected chi connectivity index (χ1v) is 5.42. The van der Waals surface area contributed by atoms with Crippen molar-refractivity contribution in [3.63, 3.8) is 0 Å². The zero-order chi connectivity index (χ0) is 13.5. The van der Waals surface area contributed by atoms with Gasteiger partial charge >= 0.3 is 12.0 Å². The molecule has 0 aliphatic carbocycles. The summed E-state index contributed by atoms with van der Waals surface area (Å²) in [5.41, 5.74) is 1.23. The molecule has 1 aliphatic heterocycles. The van der Waals surface area contributed by atoms with E-state index in [0.717, 1.165) is 0 Å². The van der Waals surface area contributed by atoms with Crippen molar-refractivity contribution >= 4 is 18.5 Å². The first kappa shape index (κ1) is 15.5. The lowest BCUT2D eigenvalue weighted by atomic mass is 9.96. The predicted octanol–water partition coefficient (Wildman–Crippen LogP) is 2.85. The Balaban J connectivity index is 0.00000180. The molecule has 0 aromatic heterocycles. The maximum absolute atomic E-state index is 13.7. The lowest BCUT2D eigenvalue weighted by Gasteiger charge is -2.32. The summed E-state index contributed by atoms with van der Waals surface area (Å²) in [6, 6.07) is 1.44. The van der Waals surface area contributed by atoms with E-state index in [-0.39, 0.29) is 23.7 Å². The molecule has 1 aromatic carbocycles. The minimum absolute atomic E-state index is 0. The van der Waals surface area contributed by atoms with Gasteiger partial charge in [0.15, 0.2) is 6.61 Å². The molecule has 19 heavy (non-hydrogen) atoms. The Kier molecular flexibility index (Phi) is 4.25. The van der Waals surface area contributed by atoms with Crippen LogP contribution in [0.2, 0.25) is 0 Å². The number of aromatic hydroxyl groups is 1. The number of halogens is 3. The van der Waals surface area contributed by atoms with Crippen LogP contribution < -0.4 is 5.32 Å². The SMILES string of the molecule is Cc1cc([C@@H]2NC(=O)OCC2(F)F)cc(C)c1O.Cl. The highest BCUT2D eigenvalue weighted by Gasteiger charge is 2.46. The van der Waals surface area contributed by atoms with Crippen LogP contribution in [0.15, 0.2) is 12.1 Å². The second-order valence-electron chi connectivity index (χ2n) is 4.42. The Hall–Kier alpha value is -1.56. The molecule has 1 aliphatic rings. The maximum Gasteiger partial charge on any atom is 0.408 e. The zero-order valence-corrected chi connectivity index (χ0v) is 11.2. The van der Waals surface area contributed by atoms with Crippen molar-refractivity contribution in [2.24, 2.45) is 0 Å². The summed E-state index contributed by atoms with van der Waals surface area (Å²) < 4.78 is 31.7. The topological polar surface area (TPSA) is 58.6 Å². The van der Waals surface area contributed by atoms with Gasteiger partial charge in [0.1, 0.15) is 11.8 Å². The highest BCUT2D eigenvalue weighted by Crippen LogP contribution is 2.36. The van der Waals surface area contributed by atoms with Gasteiger partial charge in [0.05, 0.1) is 0 Å². The highest BCUT2D eigenvalue weighted by molar-refractivity contribution is 5.85. The monoisotopic (exact) mass is 293 g/mol. The number of hydrogen-bond donors (Lipinski definition) is 2. The minimum Gasteiger partial charge on any atom is -0.507 e. The van der Waals surface area contributed by atoms with Crippen LogP contribution in [0.1, 0.15) is 22.7 Å². The van der Waals surface area contributed by atoms with Crippen LogP contribution in [0.4, 0.5) is 13.6 Å². The standard InChI is InChI=1S/C12H13F2NO3.ClH/c1-6-3-8(4-7(2)9(6)16)10-12(13,14)5-18-11(17)15-10;/h3-4,10,16H,5H2,1-2H3,(H,15,17);1H/t10-;/m0./s1. The maximum atomic E-state index is 13.7. The summed E-state index contributed by atoms with van der Waals surface area (Å²) in [4.78, 5) is 11.1. The van der Waals surface area contributed by atoms with E-state index in [2.05, 4.69) is 10.1 Å². The Morgan fingerprint density at radius 3 is 2.42 bits per heavy atom. The number of hydrogen-bond acceptors (Lipinski definition) is 3. The Labute approximate surface area is 115 Å². The molecule has 0 spiro atoms. The Bertz CT molecular complexity index is 485. The van der Waals surface area contributed by atoms with Gasteiger partial charge in [-0.15, -0.1) is 12.4 Å². The molecule has 0 radical (unpaired) electrons. The van der Waals surface area contributed by atoms with Gasteiger partial charge in [-0.2, -0.15) is 0 Å². The number of nitrogens with one attached hydrogen (secondary N) is 1. The molecular weight excluding hydrogens is 280 g/mol. The van der Waals surface area contributed by atoms with Crippen molar-refractivity contribution in [2.75, 3.05) is 6.61 Å². The average Bonchev–Trinajstić information content (AvgIpc) is 2.28.